The molecule has 1 aliphatic carbocycles. The molecule has 0 aromatic heterocycles. The smallest absolute Gasteiger partial charge is 0.324 e. The van der Waals surface area contributed by atoms with Crippen molar-refractivity contribution in [2.75, 3.05) is 0 Å². The van der Waals surface area contributed by atoms with Gasteiger partial charge in [0.15, 0.2) is 5.41 Å². The summed E-state index contributed by atoms with van der Waals surface area (Å²) in [4.78, 5) is 10.7. The maximum atomic E-state index is 10.7. The van der Waals surface area contributed by atoms with E-state index in [-0.39, 0.29) is 0 Å². The standard InChI is InChI=1S/C9H13NO2/c1-2-3-7-4-9(5-7,6-10)8(11)12/h7H,2-5H2,1H3,(H,11,12). The molecule has 0 aromatic rings. The van der Waals surface area contributed by atoms with Gasteiger partial charge >= 0.3 is 5.97 Å². The molecule has 0 saturated heterocycles. The maximum absolute atomic E-state index is 10.7. The molecule has 1 N–H and O–H groups in total. The molecular formula is C9H13NO2. The second-order valence-electron chi connectivity index (χ2n) is 3.56. The minimum absolute atomic E-state index is 0.464. The van der Waals surface area contributed by atoms with E-state index in [1.807, 2.05) is 6.07 Å². The van der Waals surface area contributed by atoms with Crippen LogP contribution in [0.15, 0.2) is 0 Å². The lowest BCUT2D eigenvalue weighted by atomic mass is 9.61. The quantitative estimate of drug-likeness (QED) is 0.697. The summed E-state index contributed by atoms with van der Waals surface area (Å²) in [6, 6.07) is 1.90. The molecule has 12 heavy (non-hydrogen) atoms. The first-order valence-corrected chi connectivity index (χ1v) is 4.29. The van der Waals surface area contributed by atoms with Gasteiger partial charge in [0.25, 0.3) is 0 Å². The topological polar surface area (TPSA) is 61.1 Å². The summed E-state index contributed by atoms with van der Waals surface area (Å²) >= 11 is 0. The summed E-state index contributed by atoms with van der Waals surface area (Å²) in [7, 11) is 0. The van der Waals surface area contributed by atoms with Crippen molar-refractivity contribution < 1.29 is 9.90 Å². The summed E-state index contributed by atoms with van der Waals surface area (Å²) in [5, 5.41) is 17.4. The minimum atomic E-state index is -1.04. The summed E-state index contributed by atoms with van der Waals surface area (Å²) < 4.78 is 0. The van der Waals surface area contributed by atoms with E-state index >= 15 is 0 Å². The lowest BCUT2D eigenvalue weighted by Crippen LogP contribution is -2.42. The van der Waals surface area contributed by atoms with Crippen molar-refractivity contribution in [2.24, 2.45) is 11.3 Å². The summed E-state index contributed by atoms with van der Waals surface area (Å²) in [5.74, 6) is -0.483. The third-order valence-electron chi connectivity index (χ3n) is 2.59. The number of carboxylic acid groups (broad SMARTS) is 1. The van der Waals surface area contributed by atoms with E-state index in [2.05, 4.69) is 6.92 Å². The number of aliphatic carboxylic acids is 1. The van der Waals surface area contributed by atoms with Crippen LogP contribution in [-0.4, -0.2) is 11.1 Å². The zero-order chi connectivity index (χ0) is 9.19. The molecule has 0 unspecified atom stereocenters. The van der Waals surface area contributed by atoms with Gasteiger partial charge in [0.1, 0.15) is 0 Å². The molecule has 0 aromatic carbocycles. The number of carboxylic acids is 1. The number of nitrogens with zero attached hydrogens (tertiary/aromatic N) is 1. The van der Waals surface area contributed by atoms with Crippen LogP contribution in [0.4, 0.5) is 0 Å². The number of hydrogen-bond acceptors (Lipinski definition) is 2. The predicted molar refractivity (Wildman–Crippen MR) is 43.3 cm³/mol. The molecule has 0 bridgehead atoms. The highest BCUT2D eigenvalue weighted by atomic mass is 16.4. The highest BCUT2D eigenvalue weighted by Gasteiger charge is 2.50. The van der Waals surface area contributed by atoms with Crippen molar-refractivity contribution >= 4 is 5.97 Å². The number of nitriles is 1. The molecule has 1 rings (SSSR count). The van der Waals surface area contributed by atoms with Crippen LogP contribution in [0.3, 0.4) is 0 Å². The van der Waals surface area contributed by atoms with Crippen LogP contribution in [0.25, 0.3) is 0 Å². The average Bonchev–Trinajstić information content (AvgIpc) is 1.95. The van der Waals surface area contributed by atoms with Crippen LogP contribution in [0.2, 0.25) is 0 Å². The summed E-state index contributed by atoms with van der Waals surface area (Å²) in [6.45, 7) is 2.08. The molecule has 1 saturated carbocycles. The van der Waals surface area contributed by atoms with Crippen molar-refractivity contribution in [3.8, 4) is 6.07 Å². The van der Waals surface area contributed by atoms with Crippen molar-refractivity contribution in [3.63, 3.8) is 0 Å². The number of carbonyl (C=O) groups is 1. The molecule has 3 heteroatoms. The van der Waals surface area contributed by atoms with E-state index in [0.29, 0.717) is 18.8 Å². The molecule has 0 heterocycles. The van der Waals surface area contributed by atoms with Gasteiger partial charge in [-0.3, -0.25) is 4.79 Å². The van der Waals surface area contributed by atoms with E-state index in [0.717, 1.165) is 12.8 Å². The van der Waals surface area contributed by atoms with E-state index in [1.54, 1.807) is 0 Å². The molecule has 0 amide bonds. The Labute approximate surface area is 72.0 Å². The van der Waals surface area contributed by atoms with Gasteiger partial charge in [0.2, 0.25) is 0 Å². The van der Waals surface area contributed by atoms with Gasteiger partial charge in [-0.05, 0) is 18.8 Å². The van der Waals surface area contributed by atoms with Crippen molar-refractivity contribution in [2.45, 2.75) is 32.6 Å². The first-order valence-electron chi connectivity index (χ1n) is 4.29. The fraction of sp³-hybridized carbons (Fsp3) is 0.778. The summed E-state index contributed by atoms with van der Waals surface area (Å²) in [6.07, 6.45) is 3.22. The van der Waals surface area contributed by atoms with Crippen LogP contribution >= 0.6 is 0 Å². The Hall–Kier alpha value is -1.04. The van der Waals surface area contributed by atoms with Gasteiger partial charge in [-0.2, -0.15) is 5.26 Å². The Kier molecular flexibility index (Phi) is 2.37. The fourth-order valence-electron chi connectivity index (χ4n) is 1.85. The van der Waals surface area contributed by atoms with Crippen LogP contribution < -0.4 is 0 Å². The molecule has 3 nitrogen and oxygen atoms in total. The number of hydrogen-bond donors (Lipinski definition) is 1. The molecule has 0 radical (unpaired) electrons. The van der Waals surface area contributed by atoms with Gasteiger partial charge in [-0.25, -0.2) is 0 Å². The van der Waals surface area contributed by atoms with Crippen molar-refractivity contribution in [1.29, 1.82) is 5.26 Å². The average molecular weight is 167 g/mol. The van der Waals surface area contributed by atoms with Gasteiger partial charge in [-0.1, -0.05) is 19.8 Å². The van der Waals surface area contributed by atoms with Crippen LogP contribution in [0, 0.1) is 22.7 Å². The van der Waals surface area contributed by atoms with Gasteiger partial charge in [0.05, 0.1) is 6.07 Å². The monoisotopic (exact) mass is 167 g/mol. The molecule has 1 aliphatic rings. The molecular weight excluding hydrogens is 154 g/mol. The van der Waals surface area contributed by atoms with Gasteiger partial charge < -0.3 is 5.11 Å². The zero-order valence-corrected chi connectivity index (χ0v) is 7.21. The van der Waals surface area contributed by atoms with E-state index in [9.17, 15) is 4.79 Å². The molecule has 0 spiro atoms. The SMILES string of the molecule is CCCC1CC(C#N)(C(=O)O)C1. The highest BCUT2D eigenvalue weighted by molar-refractivity contribution is 5.79. The summed E-state index contributed by atoms with van der Waals surface area (Å²) in [5.41, 5.74) is -1.04. The Morgan fingerprint density at radius 3 is 2.67 bits per heavy atom. The van der Waals surface area contributed by atoms with Crippen molar-refractivity contribution in [3.05, 3.63) is 0 Å². The van der Waals surface area contributed by atoms with Crippen LogP contribution in [0.1, 0.15) is 32.6 Å². The second-order valence-corrected chi connectivity index (χ2v) is 3.56. The Morgan fingerprint density at radius 2 is 2.33 bits per heavy atom. The fourth-order valence-corrected chi connectivity index (χ4v) is 1.85. The first kappa shape index (κ1) is 9.05. The third kappa shape index (κ3) is 1.29. The largest absolute Gasteiger partial charge is 0.480 e. The van der Waals surface area contributed by atoms with Gasteiger partial charge in [-0.15, -0.1) is 0 Å². The minimum Gasteiger partial charge on any atom is -0.480 e. The zero-order valence-electron chi connectivity index (χ0n) is 7.21. The van der Waals surface area contributed by atoms with E-state index in [1.165, 1.54) is 0 Å². The Balaban J connectivity index is 2.48. The van der Waals surface area contributed by atoms with Crippen LogP contribution in [-0.2, 0) is 4.79 Å². The lowest BCUT2D eigenvalue weighted by molar-refractivity contribution is -0.152. The highest BCUT2D eigenvalue weighted by Crippen LogP contribution is 2.47. The maximum Gasteiger partial charge on any atom is 0.324 e. The molecule has 0 aliphatic heterocycles. The Morgan fingerprint density at radius 1 is 1.75 bits per heavy atom. The number of rotatable bonds is 3. The Bertz CT molecular complexity index is 223. The third-order valence-corrected chi connectivity index (χ3v) is 2.59. The van der Waals surface area contributed by atoms with Crippen LogP contribution in [0.5, 0.6) is 0 Å². The van der Waals surface area contributed by atoms with Gasteiger partial charge in [0, 0.05) is 0 Å². The van der Waals surface area contributed by atoms with Crippen molar-refractivity contribution in [1.82, 2.24) is 0 Å². The molecule has 66 valence electrons. The molecule has 0 atom stereocenters. The molecule has 1 fully saturated rings. The predicted octanol–water partition coefficient (Wildman–Crippen LogP) is 1.79. The normalized spacial score (nSPS) is 33.5. The van der Waals surface area contributed by atoms with E-state index in [4.69, 9.17) is 10.4 Å². The first-order chi connectivity index (χ1) is 5.64. The van der Waals surface area contributed by atoms with E-state index < -0.39 is 11.4 Å². The second kappa shape index (κ2) is 3.14. The lowest BCUT2D eigenvalue weighted by Gasteiger charge is -2.39.